The SMILES string of the molecule is CNC(=O)c1ccc(Nc2nc(NC)nc(Nc3ccc(/C=C/c4[c-]cc(N)cc4)c(S(=O)(=O)[O-])c3)n2)cc1.O=S(=O)=O.[Na+].[Na+]. The van der Waals surface area contributed by atoms with Crippen molar-refractivity contribution in [3.05, 3.63) is 83.4 Å². The maximum Gasteiger partial charge on any atom is 1.00 e. The molecule has 4 aromatic rings. The van der Waals surface area contributed by atoms with Gasteiger partial charge in [0.1, 0.15) is 10.1 Å². The molecule has 19 heteroatoms. The number of rotatable bonds is 9. The first-order chi connectivity index (χ1) is 20.4. The Bertz CT molecular complexity index is 1850. The Morgan fingerprint density at radius 1 is 0.867 bits per heavy atom. The number of hydrogen-bond donors (Lipinski definition) is 5. The molecule has 1 amide bonds. The Hall–Kier alpha value is -3.39. The molecule has 0 aliphatic carbocycles. The molecule has 6 N–H and O–H groups in total. The van der Waals surface area contributed by atoms with Crippen molar-refractivity contribution in [3.8, 4) is 0 Å². The zero-order valence-electron chi connectivity index (χ0n) is 24.5. The number of hydrogen-bond acceptors (Lipinski definition) is 14. The fourth-order valence-corrected chi connectivity index (χ4v) is 4.10. The van der Waals surface area contributed by atoms with Crippen LogP contribution in [0.1, 0.15) is 21.5 Å². The van der Waals surface area contributed by atoms with E-state index in [9.17, 15) is 17.8 Å². The summed E-state index contributed by atoms with van der Waals surface area (Å²) in [6.45, 7) is 0. The van der Waals surface area contributed by atoms with Gasteiger partial charge < -0.3 is 31.6 Å². The van der Waals surface area contributed by atoms with Crippen LogP contribution in [0.15, 0.2) is 65.6 Å². The molecule has 0 unspecified atom stereocenters. The van der Waals surface area contributed by atoms with Crippen LogP contribution in [0.4, 0.5) is 34.9 Å². The average molecular weight is 671 g/mol. The van der Waals surface area contributed by atoms with Crippen molar-refractivity contribution in [2.75, 3.05) is 35.8 Å². The smallest absolute Gasteiger partial charge is 0.744 e. The molecule has 0 spiro atoms. The first kappa shape index (κ1) is 39.6. The molecular weight excluding hydrogens is 646 g/mol. The molecule has 224 valence electrons. The summed E-state index contributed by atoms with van der Waals surface area (Å²) in [5.41, 5.74) is 8.46. The van der Waals surface area contributed by atoms with Gasteiger partial charge in [0.05, 0.1) is 4.90 Å². The van der Waals surface area contributed by atoms with E-state index in [1.165, 1.54) is 18.2 Å². The third-order valence-corrected chi connectivity index (χ3v) is 6.22. The summed E-state index contributed by atoms with van der Waals surface area (Å²) in [5, 5.41) is 11.3. The van der Waals surface area contributed by atoms with Crippen LogP contribution in [0.2, 0.25) is 0 Å². The second-order valence-electron chi connectivity index (χ2n) is 8.28. The first-order valence-corrected chi connectivity index (χ1v) is 14.4. The quantitative estimate of drug-likeness (QED) is 0.0378. The molecule has 0 saturated carbocycles. The Labute approximate surface area is 304 Å². The maximum atomic E-state index is 12.0. The number of anilines is 6. The van der Waals surface area contributed by atoms with Crippen molar-refractivity contribution < 1.29 is 89.5 Å². The third-order valence-electron chi connectivity index (χ3n) is 5.33. The van der Waals surface area contributed by atoms with Crippen molar-refractivity contribution in [1.82, 2.24) is 20.3 Å². The van der Waals surface area contributed by atoms with Gasteiger partial charge in [0.25, 0.3) is 5.91 Å². The van der Waals surface area contributed by atoms with Crippen molar-refractivity contribution in [2.24, 2.45) is 0 Å². The summed E-state index contributed by atoms with van der Waals surface area (Å²) in [6, 6.07) is 18.9. The van der Waals surface area contributed by atoms with Gasteiger partial charge in [-0.15, -0.1) is 43.0 Å². The van der Waals surface area contributed by atoms with Crippen molar-refractivity contribution >= 4 is 73.7 Å². The zero-order chi connectivity index (χ0) is 31.6. The Balaban J connectivity index is 0.00000159. The largest absolute Gasteiger partial charge is 1.00 e. The molecule has 3 aromatic carbocycles. The normalized spacial score (nSPS) is 10.3. The molecule has 45 heavy (non-hydrogen) atoms. The number of nitrogens with one attached hydrogen (secondary N) is 4. The standard InChI is InChI=1S/C26H25N8O4S.2Na.O3S/c1-28-23(35)18-8-12-20(13-9-18)30-25-32-24(29-2)33-26(34-25)31-21-14-7-17(22(15-21)39(36,37)38)6-3-16-4-10-19(27)11-5-16;;;1-4(2)3/h3-4,6-15H,27H2,1-2H3,(H,28,35)(H,36,37,38)(H3,29,30,31,32,33,34);;;/q-1;2*+1;/p-1/b6-3+;;;. The molecule has 0 bridgehead atoms. The second-order valence-corrected chi connectivity index (χ2v) is 10.0. The molecule has 4 rings (SSSR count). The number of nitrogens with two attached hydrogens (primary N) is 1. The predicted molar refractivity (Wildman–Crippen MR) is 158 cm³/mol. The van der Waals surface area contributed by atoms with Crippen molar-refractivity contribution in [2.45, 2.75) is 4.90 Å². The maximum absolute atomic E-state index is 12.0. The summed E-state index contributed by atoms with van der Waals surface area (Å²) in [5.74, 6) is 0.288. The van der Waals surface area contributed by atoms with Crippen LogP contribution in [-0.4, -0.2) is 60.6 Å². The molecule has 0 saturated heterocycles. The Morgan fingerprint density at radius 2 is 1.42 bits per heavy atom. The summed E-state index contributed by atoms with van der Waals surface area (Å²) in [4.78, 5) is 24.2. The second kappa shape index (κ2) is 18.5. The fourth-order valence-electron chi connectivity index (χ4n) is 3.41. The van der Waals surface area contributed by atoms with Crippen LogP contribution in [0, 0.1) is 6.07 Å². The minimum atomic E-state index is -4.81. The average Bonchev–Trinajstić information content (AvgIpc) is 2.96. The monoisotopic (exact) mass is 670 g/mol. The topological polar surface area (TPSA) is 238 Å². The minimum absolute atomic E-state index is 0. The van der Waals surface area contributed by atoms with E-state index in [2.05, 4.69) is 42.3 Å². The zero-order valence-corrected chi connectivity index (χ0v) is 30.2. The Kier molecular flexibility index (Phi) is 16.3. The van der Waals surface area contributed by atoms with Gasteiger partial charge >= 0.3 is 69.7 Å². The van der Waals surface area contributed by atoms with Gasteiger partial charge in [-0.1, -0.05) is 17.8 Å². The number of nitrogens with zero attached hydrogens (tertiary/aromatic N) is 3. The summed E-state index contributed by atoms with van der Waals surface area (Å²) in [7, 11) is -4.75. The van der Waals surface area contributed by atoms with Gasteiger partial charge in [0.2, 0.25) is 17.8 Å². The van der Waals surface area contributed by atoms with E-state index in [1.807, 2.05) is 0 Å². The van der Waals surface area contributed by atoms with E-state index in [-0.39, 0.29) is 94.1 Å². The van der Waals surface area contributed by atoms with E-state index in [0.29, 0.717) is 22.5 Å². The molecule has 1 aromatic heterocycles. The first-order valence-electron chi connectivity index (χ1n) is 12.0. The molecule has 0 fully saturated rings. The number of amides is 1. The number of aromatic nitrogens is 3. The number of carbonyl (C=O) groups is 1. The van der Waals surface area contributed by atoms with Gasteiger partial charge in [-0.25, -0.2) is 8.42 Å². The van der Waals surface area contributed by atoms with E-state index >= 15 is 0 Å². The third kappa shape index (κ3) is 12.9. The van der Waals surface area contributed by atoms with Gasteiger partial charge in [-0.3, -0.25) is 4.79 Å². The van der Waals surface area contributed by atoms with Crippen molar-refractivity contribution in [3.63, 3.8) is 0 Å². The molecule has 0 aliphatic heterocycles. The molecule has 15 nitrogen and oxygen atoms in total. The van der Waals surface area contributed by atoms with Crippen LogP contribution in [0.3, 0.4) is 0 Å². The van der Waals surface area contributed by atoms with Crippen LogP contribution in [0.25, 0.3) is 12.2 Å². The van der Waals surface area contributed by atoms with Crippen LogP contribution < -0.4 is 86.1 Å². The van der Waals surface area contributed by atoms with Crippen LogP contribution in [0.5, 0.6) is 0 Å². The van der Waals surface area contributed by atoms with E-state index in [1.54, 1.807) is 68.7 Å². The summed E-state index contributed by atoms with van der Waals surface area (Å²) in [6.07, 6.45) is 3.14. The fraction of sp³-hybridized carbons (Fsp3) is 0.0769. The number of benzene rings is 3. The van der Waals surface area contributed by atoms with Crippen LogP contribution in [-0.2, 0) is 20.7 Å². The van der Waals surface area contributed by atoms with Gasteiger partial charge in [-0.2, -0.15) is 20.5 Å². The molecular formula is C26H24N8Na2O7S2. The molecule has 0 atom stereocenters. The Morgan fingerprint density at radius 3 is 1.93 bits per heavy atom. The summed E-state index contributed by atoms with van der Waals surface area (Å²) < 4.78 is 61.4. The number of carbonyl (C=O) groups excluding carboxylic acids is 1. The minimum Gasteiger partial charge on any atom is -0.744 e. The van der Waals surface area contributed by atoms with Gasteiger partial charge in [-0.05, 0) is 42.0 Å². The van der Waals surface area contributed by atoms with Crippen LogP contribution >= 0.6 is 0 Å². The summed E-state index contributed by atoms with van der Waals surface area (Å²) >= 11 is 0. The van der Waals surface area contributed by atoms with Gasteiger partial charge in [0, 0.05) is 31.0 Å². The molecule has 1 heterocycles. The van der Waals surface area contributed by atoms with E-state index in [0.717, 1.165) is 0 Å². The molecule has 0 aliphatic rings. The van der Waals surface area contributed by atoms with Gasteiger partial charge in [0.15, 0.2) is 0 Å². The van der Waals surface area contributed by atoms with E-state index in [4.69, 9.17) is 18.4 Å². The number of nitrogen functional groups attached to an aromatic ring is 1. The van der Waals surface area contributed by atoms with E-state index < -0.39 is 25.6 Å². The predicted octanol–water partition coefficient (Wildman–Crippen LogP) is -3.78. The van der Waals surface area contributed by atoms with Crippen molar-refractivity contribution in [1.29, 1.82) is 0 Å². The molecule has 0 radical (unpaired) electrons.